The van der Waals surface area contributed by atoms with Crippen LogP contribution < -0.4 is 5.32 Å². The van der Waals surface area contributed by atoms with Gasteiger partial charge in [0.1, 0.15) is 10.7 Å². The first-order valence-corrected chi connectivity index (χ1v) is 9.66. The Labute approximate surface area is 151 Å². The number of aryl methyl sites for hydroxylation is 1. The minimum atomic E-state index is -0.237. The van der Waals surface area contributed by atoms with Gasteiger partial charge in [-0.1, -0.05) is 12.1 Å². The minimum absolute atomic E-state index is 0.106. The lowest BCUT2D eigenvalue weighted by Gasteiger charge is -2.23. The highest BCUT2D eigenvalue weighted by atomic mass is 32.1. The highest BCUT2D eigenvalue weighted by Crippen LogP contribution is 2.26. The van der Waals surface area contributed by atoms with E-state index in [1.165, 1.54) is 29.9 Å². The van der Waals surface area contributed by atoms with Crippen molar-refractivity contribution in [3.05, 3.63) is 51.2 Å². The second kappa shape index (κ2) is 6.84. The Morgan fingerprint density at radius 1 is 1.28 bits per heavy atom. The highest BCUT2D eigenvalue weighted by molar-refractivity contribution is 7.13. The molecule has 1 aromatic heterocycles. The van der Waals surface area contributed by atoms with E-state index in [0.29, 0.717) is 18.5 Å². The number of rotatable bonds is 3. The summed E-state index contributed by atoms with van der Waals surface area (Å²) in [7, 11) is 0. The van der Waals surface area contributed by atoms with E-state index in [1.54, 1.807) is 12.1 Å². The molecule has 4 nitrogen and oxygen atoms in total. The van der Waals surface area contributed by atoms with Crippen LogP contribution in [0.1, 0.15) is 45.2 Å². The average molecular weight is 359 g/mol. The molecule has 4 rings (SSSR count). The second-order valence-electron chi connectivity index (χ2n) is 7.00. The molecule has 1 amide bonds. The van der Waals surface area contributed by atoms with Crippen molar-refractivity contribution in [2.75, 3.05) is 13.1 Å². The SMILES string of the molecule is Cc1nc(Cc2ccc(F)cc2)sc1C(=O)N1CCC2CCC(C1)N2. The lowest BCUT2D eigenvalue weighted by molar-refractivity contribution is 0.0752. The average Bonchev–Trinajstić information content (AvgIpc) is 3.11. The van der Waals surface area contributed by atoms with Crippen molar-refractivity contribution in [3.63, 3.8) is 0 Å². The molecular formula is C19H22FN3OS. The number of carbonyl (C=O) groups is 1. The number of benzene rings is 1. The van der Waals surface area contributed by atoms with Gasteiger partial charge in [-0.2, -0.15) is 0 Å². The van der Waals surface area contributed by atoms with E-state index < -0.39 is 0 Å². The normalized spacial score (nSPS) is 22.9. The van der Waals surface area contributed by atoms with Crippen molar-refractivity contribution in [1.29, 1.82) is 0 Å². The monoisotopic (exact) mass is 359 g/mol. The second-order valence-corrected chi connectivity index (χ2v) is 8.09. The number of nitrogens with one attached hydrogen (secondary N) is 1. The molecule has 25 heavy (non-hydrogen) atoms. The molecule has 132 valence electrons. The highest BCUT2D eigenvalue weighted by Gasteiger charge is 2.32. The van der Waals surface area contributed by atoms with Crippen LogP contribution in [-0.2, 0) is 6.42 Å². The zero-order valence-electron chi connectivity index (χ0n) is 14.3. The van der Waals surface area contributed by atoms with Crippen LogP contribution in [0.25, 0.3) is 0 Å². The lowest BCUT2D eigenvalue weighted by atomic mass is 10.1. The minimum Gasteiger partial charge on any atom is -0.336 e. The summed E-state index contributed by atoms with van der Waals surface area (Å²) >= 11 is 1.47. The van der Waals surface area contributed by atoms with Crippen molar-refractivity contribution in [1.82, 2.24) is 15.2 Å². The van der Waals surface area contributed by atoms with Crippen molar-refractivity contribution < 1.29 is 9.18 Å². The van der Waals surface area contributed by atoms with E-state index in [4.69, 9.17) is 0 Å². The largest absolute Gasteiger partial charge is 0.336 e. The molecule has 0 saturated carbocycles. The number of aromatic nitrogens is 1. The Hall–Kier alpha value is -1.79. The topological polar surface area (TPSA) is 45.2 Å². The third-order valence-electron chi connectivity index (χ3n) is 5.11. The molecule has 3 heterocycles. The van der Waals surface area contributed by atoms with Gasteiger partial charge in [0.05, 0.1) is 10.7 Å². The van der Waals surface area contributed by atoms with Gasteiger partial charge in [-0.15, -0.1) is 11.3 Å². The van der Waals surface area contributed by atoms with Crippen LogP contribution in [0, 0.1) is 12.7 Å². The van der Waals surface area contributed by atoms with E-state index in [2.05, 4.69) is 10.3 Å². The van der Waals surface area contributed by atoms with E-state index in [0.717, 1.165) is 47.1 Å². The lowest BCUT2D eigenvalue weighted by Crippen LogP contribution is -2.39. The van der Waals surface area contributed by atoms with Gasteiger partial charge in [-0.05, 0) is 43.9 Å². The molecule has 2 aliphatic heterocycles. The summed E-state index contributed by atoms with van der Waals surface area (Å²) in [6.07, 6.45) is 4.05. The molecule has 2 fully saturated rings. The molecule has 0 radical (unpaired) electrons. The van der Waals surface area contributed by atoms with Crippen LogP contribution in [-0.4, -0.2) is 41.0 Å². The van der Waals surface area contributed by atoms with Crippen LogP contribution in [0.5, 0.6) is 0 Å². The number of fused-ring (bicyclic) bond motifs is 2. The van der Waals surface area contributed by atoms with Crippen LogP contribution in [0.4, 0.5) is 4.39 Å². The van der Waals surface area contributed by atoms with Gasteiger partial charge >= 0.3 is 0 Å². The fraction of sp³-hybridized carbons (Fsp3) is 0.474. The standard InChI is InChI=1S/C19H22FN3OS/c1-12-18(19(24)23-9-8-15-6-7-16(11-23)22-15)25-17(21-12)10-13-2-4-14(20)5-3-13/h2-5,15-16,22H,6-11H2,1H3. The maximum Gasteiger partial charge on any atom is 0.265 e. The molecule has 2 saturated heterocycles. The Morgan fingerprint density at radius 3 is 2.84 bits per heavy atom. The third-order valence-corrected chi connectivity index (χ3v) is 6.26. The summed E-state index contributed by atoms with van der Waals surface area (Å²) in [5.41, 5.74) is 1.81. The summed E-state index contributed by atoms with van der Waals surface area (Å²) < 4.78 is 13.0. The molecule has 0 aliphatic carbocycles. The quantitative estimate of drug-likeness (QED) is 0.916. The predicted octanol–water partition coefficient (Wildman–Crippen LogP) is 3.15. The first-order chi connectivity index (χ1) is 12.1. The number of hydrogen-bond acceptors (Lipinski definition) is 4. The van der Waals surface area contributed by atoms with Gasteiger partial charge < -0.3 is 10.2 Å². The Balaban J connectivity index is 1.49. The fourth-order valence-corrected chi connectivity index (χ4v) is 4.84. The van der Waals surface area contributed by atoms with E-state index >= 15 is 0 Å². The van der Waals surface area contributed by atoms with E-state index in [-0.39, 0.29) is 11.7 Å². The van der Waals surface area contributed by atoms with Gasteiger partial charge in [0.15, 0.2) is 0 Å². The number of hydrogen-bond donors (Lipinski definition) is 1. The molecular weight excluding hydrogens is 337 g/mol. The van der Waals surface area contributed by atoms with Gasteiger partial charge in [0.25, 0.3) is 5.91 Å². The van der Waals surface area contributed by atoms with Gasteiger partial charge in [0.2, 0.25) is 0 Å². The smallest absolute Gasteiger partial charge is 0.265 e. The first-order valence-electron chi connectivity index (χ1n) is 8.84. The van der Waals surface area contributed by atoms with Crippen molar-refractivity contribution in [2.45, 2.75) is 44.7 Å². The molecule has 2 atom stereocenters. The molecule has 2 unspecified atom stereocenters. The zero-order chi connectivity index (χ0) is 17.4. The van der Waals surface area contributed by atoms with Crippen molar-refractivity contribution >= 4 is 17.2 Å². The fourth-order valence-electron chi connectivity index (χ4n) is 3.77. The number of carbonyl (C=O) groups excluding carboxylic acids is 1. The van der Waals surface area contributed by atoms with Crippen LogP contribution >= 0.6 is 11.3 Å². The van der Waals surface area contributed by atoms with Crippen molar-refractivity contribution in [3.8, 4) is 0 Å². The van der Waals surface area contributed by atoms with Gasteiger partial charge in [0, 0.05) is 31.6 Å². The molecule has 6 heteroatoms. The summed E-state index contributed by atoms with van der Waals surface area (Å²) in [5, 5.41) is 4.51. The maximum absolute atomic E-state index is 13.0. The molecule has 1 N–H and O–H groups in total. The van der Waals surface area contributed by atoms with E-state index in [9.17, 15) is 9.18 Å². The summed E-state index contributed by atoms with van der Waals surface area (Å²) in [4.78, 5) is 20.3. The van der Waals surface area contributed by atoms with Gasteiger partial charge in [-0.25, -0.2) is 9.37 Å². The number of halogens is 1. The summed E-state index contributed by atoms with van der Waals surface area (Å²) in [6.45, 7) is 3.51. The Kier molecular flexibility index (Phi) is 4.56. The molecule has 1 aromatic carbocycles. The van der Waals surface area contributed by atoms with Crippen LogP contribution in [0.15, 0.2) is 24.3 Å². The molecule has 0 spiro atoms. The number of amides is 1. The number of nitrogens with zero attached hydrogens (tertiary/aromatic N) is 2. The summed E-state index contributed by atoms with van der Waals surface area (Å²) in [5.74, 6) is -0.131. The predicted molar refractivity (Wildman–Crippen MR) is 96.5 cm³/mol. The van der Waals surface area contributed by atoms with Gasteiger partial charge in [-0.3, -0.25) is 4.79 Å². The molecule has 2 aliphatic rings. The first kappa shape index (κ1) is 16.7. The van der Waals surface area contributed by atoms with Crippen molar-refractivity contribution in [2.24, 2.45) is 0 Å². The Morgan fingerprint density at radius 2 is 2.04 bits per heavy atom. The number of likely N-dealkylation sites (tertiary alicyclic amines) is 1. The zero-order valence-corrected chi connectivity index (χ0v) is 15.1. The van der Waals surface area contributed by atoms with Crippen LogP contribution in [0.3, 0.4) is 0 Å². The Bertz CT molecular complexity index is 773. The molecule has 2 bridgehead atoms. The molecule has 2 aromatic rings. The van der Waals surface area contributed by atoms with Crippen LogP contribution in [0.2, 0.25) is 0 Å². The third kappa shape index (κ3) is 3.60. The summed E-state index contributed by atoms with van der Waals surface area (Å²) in [6, 6.07) is 7.46. The number of thiazole rings is 1. The van der Waals surface area contributed by atoms with E-state index in [1.807, 2.05) is 11.8 Å². The maximum atomic E-state index is 13.0.